The number of rotatable bonds is 3. The van der Waals surface area contributed by atoms with Crippen molar-refractivity contribution < 1.29 is 4.79 Å². The van der Waals surface area contributed by atoms with Crippen LogP contribution in [0, 0.1) is 0 Å². The summed E-state index contributed by atoms with van der Waals surface area (Å²) in [6.45, 7) is 1.89. The van der Waals surface area contributed by atoms with Gasteiger partial charge in [0.05, 0.1) is 11.8 Å². The van der Waals surface area contributed by atoms with E-state index in [4.69, 9.17) is 11.5 Å². The Kier molecular flexibility index (Phi) is 2.88. The van der Waals surface area contributed by atoms with Gasteiger partial charge in [0.25, 0.3) is 5.91 Å². The van der Waals surface area contributed by atoms with E-state index in [1.54, 1.807) is 6.20 Å². The Labute approximate surface area is 98.3 Å². The summed E-state index contributed by atoms with van der Waals surface area (Å²) in [5.41, 5.74) is 12.2. The summed E-state index contributed by atoms with van der Waals surface area (Å²) in [5, 5.41) is 4.02. The van der Waals surface area contributed by atoms with E-state index in [0.717, 1.165) is 5.56 Å². The van der Waals surface area contributed by atoms with Crippen LogP contribution in [0.3, 0.4) is 0 Å². The number of hydrogen-bond acceptors (Lipinski definition) is 4. The summed E-state index contributed by atoms with van der Waals surface area (Å²) >= 11 is 0. The Morgan fingerprint density at radius 3 is 2.88 bits per heavy atom. The molecule has 0 aliphatic heterocycles. The molecule has 1 amide bonds. The van der Waals surface area contributed by atoms with Gasteiger partial charge in [-0.3, -0.25) is 4.79 Å². The SMILES string of the molecule is CC(N)c1ccnc(-n2cc(C(N)=O)cn2)c1. The molecular weight excluding hydrogens is 218 g/mol. The molecular formula is C11H13N5O. The van der Waals surface area contributed by atoms with Gasteiger partial charge in [0.15, 0.2) is 5.82 Å². The molecule has 0 aromatic carbocycles. The monoisotopic (exact) mass is 231 g/mol. The van der Waals surface area contributed by atoms with Crippen molar-refractivity contribution in [3.05, 3.63) is 41.9 Å². The molecule has 88 valence electrons. The Hall–Kier alpha value is -2.21. The lowest BCUT2D eigenvalue weighted by Gasteiger charge is -2.06. The molecule has 1 atom stereocenters. The molecule has 2 heterocycles. The van der Waals surface area contributed by atoms with Gasteiger partial charge in [0, 0.05) is 18.4 Å². The maximum Gasteiger partial charge on any atom is 0.251 e. The number of pyridine rings is 1. The largest absolute Gasteiger partial charge is 0.366 e. The zero-order valence-corrected chi connectivity index (χ0v) is 9.37. The van der Waals surface area contributed by atoms with Gasteiger partial charge in [-0.05, 0) is 24.6 Å². The molecule has 2 aromatic heterocycles. The van der Waals surface area contributed by atoms with Crippen LogP contribution in [0.25, 0.3) is 5.82 Å². The van der Waals surface area contributed by atoms with Crippen molar-refractivity contribution in [1.29, 1.82) is 0 Å². The van der Waals surface area contributed by atoms with Crippen LogP contribution >= 0.6 is 0 Å². The first kappa shape index (κ1) is 11.3. The van der Waals surface area contributed by atoms with E-state index in [0.29, 0.717) is 11.4 Å². The predicted molar refractivity (Wildman–Crippen MR) is 62.5 cm³/mol. The van der Waals surface area contributed by atoms with Crippen LogP contribution in [-0.4, -0.2) is 20.7 Å². The highest BCUT2D eigenvalue weighted by atomic mass is 16.1. The van der Waals surface area contributed by atoms with Gasteiger partial charge in [0.1, 0.15) is 0 Å². The van der Waals surface area contributed by atoms with Crippen LogP contribution in [0.5, 0.6) is 0 Å². The van der Waals surface area contributed by atoms with Crippen LogP contribution in [0.15, 0.2) is 30.7 Å². The second kappa shape index (κ2) is 4.34. The molecule has 0 radical (unpaired) electrons. The van der Waals surface area contributed by atoms with Gasteiger partial charge in [-0.15, -0.1) is 0 Å². The fourth-order valence-corrected chi connectivity index (χ4v) is 1.42. The summed E-state index contributed by atoms with van der Waals surface area (Å²) in [7, 11) is 0. The second-order valence-corrected chi connectivity index (χ2v) is 3.77. The molecule has 2 aromatic rings. The van der Waals surface area contributed by atoms with E-state index in [1.165, 1.54) is 17.1 Å². The molecule has 0 bridgehead atoms. The average molecular weight is 231 g/mol. The Balaban J connectivity index is 2.38. The van der Waals surface area contributed by atoms with Crippen LogP contribution < -0.4 is 11.5 Å². The number of nitrogens with zero attached hydrogens (tertiary/aromatic N) is 3. The maximum absolute atomic E-state index is 10.9. The highest BCUT2D eigenvalue weighted by molar-refractivity contribution is 5.92. The van der Waals surface area contributed by atoms with Crippen LogP contribution in [0.2, 0.25) is 0 Å². The second-order valence-electron chi connectivity index (χ2n) is 3.77. The van der Waals surface area contributed by atoms with E-state index >= 15 is 0 Å². The first-order chi connectivity index (χ1) is 8.08. The number of hydrogen-bond donors (Lipinski definition) is 2. The Morgan fingerprint density at radius 2 is 2.29 bits per heavy atom. The predicted octanol–water partition coefficient (Wildman–Crippen LogP) is 0.386. The minimum Gasteiger partial charge on any atom is -0.366 e. The van der Waals surface area contributed by atoms with Crippen molar-refractivity contribution in [2.45, 2.75) is 13.0 Å². The zero-order valence-electron chi connectivity index (χ0n) is 9.37. The molecule has 0 saturated heterocycles. The molecule has 4 N–H and O–H groups in total. The third-order valence-electron chi connectivity index (χ3n) is 2.40. The van der Waals surface area contributed by atoms with Crippen LogP contribution in [0.1, 0.15) is 28.9 Å². The topological polar surface area (TPSA) is 99.8 Å². The number of nitrogens with two attached hydrogens (primary N) is 2. The molecule has 1 unspecified atom stereocenters. The fraction of sp³-hybridized carbons (Fsp3) is 0.182. The highest BCUT2D eigenvalue weighted by Gasteiger charge is 2.07. The number of amides is 1. The van der Waals surface area contributed by atoms with Gasteiger partial charge < -0.3 is 11.5 Å². The molecule has 0 saturated carbocycles. The third-order valence-corrected chi connectivity index (χ3v) is 2.40. The summed E-state index contributed by atoms with van der Waals surface area (Å²) in [6.07, 6.45) is 4.60. The van der Waals surface area contributed by atoms with Crippen molar-refractivity contribution in [2.24, 2.45) is 11.5 Å². The standard InChI is InChI=1S/C11H13N5O/c1-7(12)8-2-3-14-10(4-8)16-6-9(5-15-16)11(13)17/h2-7H,12H2,1H3,(H2,13,17). The molecule has 6 nitrogen and oxygen atoms in total. The van der Waals surface area contributed by atoms with Gasteiger partial charge in [0.2, 0.25) is 0 Å². The van der Waals surface area contributed by atoms with Gasteiger partial charge >= 0.3 is 0 Å². The van der Waals surface area contributed by atoms with Crippen molar-refractivity contribution in [3.63, 3.8) is 0 Å². The van der Waals surface area contributed by atoms with Gasteiger partial charge in [-0.1, -0.05) is 0 Å². The lowest BCUT2D eigenvalue weighted by Crippen LogP contribution is -2.10. The molecule has 0 fully saturated rings. The van der Waals surface area contributed by atoms with Crippen molar-refractivity contribution >= 4 is 5.91 Å². The minimum atomic E-state index is -0.514. The first-order valence-electron chi connectivity index (χ1n) is 5.14. The summed E-state index contributed by atoms with van der Waals surface area (Å²) in [4.78, 5) is 15.1. The Morgan fingerprint density at radius 1 is 1.53 bits per heavy atom. The molecule has 6 heteroatoms. The number of aromatic nitrogens is 3. The van der Waals surface area contributed by atoms with E-state index in [1.807, 2.05) is 19.1 Å². The third kappa shape index (κ3) is 2.31. The molecule has 0 spiro atoms. The molecule has 0 aliphatic rings. The normalized spacial score (nSPS) is 12.4. The van der Waals surface area contributed by atoms with Crippen molar-refractivity contribution in [3.8, 4) is 5.82 Å². The summed E-state index contributed by atoms with van der Waals surface area (Å²) < 4.78 is 1.49. The average Bonchev–Trinajstić information content (AvgIpc) is 2.78. The summed E-state index contributed by atoms with van der Waals surface area (Å²) in [6, 6.07) is 3.58. The summed E-state index contributed by atoms with van der Waals surface area (Å²) in [5.74, 6) is 0.0897. The van der Waals surface area contributed by atoms with E-state index in [-0.39, 0.29) is 6.04 Å². The van der Waals surface area contributed by atoms with E-state index in [9.17, 15) is 4.79 Å². The first-order valence-corrected chi connectivity index (χ1v) is 5.14. The van der Waals surface area contributed by atoms with Crippen LogP contribution in [-0.2, 0) is 0 Å². The number of carbonyl (C=O) groups excluding carboxylic acids is 1. The Bertz CT molecular complexity index is 546. The lowest BCUT2D eigenvalue weighted by molar-refractivity contribution is 0.100. The maximum atomic E-state index is 10.9. The molecule has 0 aliphatic carbocycles. The van der Waals surface area contributed by atoms with Crippen molar-refractivity contribution in [2.75, 3.05) is 0 Å². The lowest BCUT2D eigenvalue weighted by atomic mass is 10.1. The highest BCUT2D eigenvalue weighted by Crippen LogP contribution is 2.12. The minimum absolute atomic E-state index is 0.0806. The zero-order chi connectivity index (χ0) is 12.4. The van der Waals surface area contributed by atoms with Crippen molar-refractivity contribution in [1.82, 2.24) is 14.8 Å². The number of primary amides is 1. The molecule has 2 rings (SSSR count). The smallest absolute Gasteiger partial charge is 0.251 e. The van der Waals surface area contributed by atoms with E-state index < -0.39 is 5.91 Å². The molecule has 17 heavy (non-hydrogen) atoms. The van der Waals surface area contributed by atoms with E-state index in [2.05, 4.69) is 10.1 Å². The van der Waals surface area contributed by atoms with Gasteiger partial charge in [-0.2, -0.15) is 5.10 Å². The fourth-order valence-electron chi connectivity index (χ4n) is 1.42. The van der Waals surface area contributed by atoms with Gasteiger partial charge in [-0.25, -0.2) is 9.67 Å². The van der Waals surface area contributed by atoms with Crippen LogP contribution in [0.4, 0.5) is 0 Å². The number of carbonyl (C=O) groups is 1. The quantitative estimate of drug-likeness (QED) is 0.797.